The number of aliphatic imine (C=N–C) groups is 2. The average Bonchev–Trinajstić information content (AvgIpc) is 3.85. The van der Waals surface area contributed by atoms with Crippen LogP contribution < -0.4 is 16.0 Å². The molecule has 5 aliphatic heterocycles. The van der Waals surface area contributed by atoms with Gasteiger partial charge in [-0.05, 0) is 12.8 Å². The van der Waals surface area contributed by atoms with E-state index in [0.717, 1.165) is 110 Å². The molecule has 15 heteroatoms. The molecule has 0 radical (unpaired) electrons. The average molecular weight is 591 g/mol. The zero-order chi connectivity index (χ0) is 29.8. The number of ether oxygens (including phenoxy) is 4. The Morgan fingerprint density at radius 1 is 0.667 bits per heavy atom. The van der Waals surface area contributed by atoms with Gasteiger partial charge in [-0.25, -0.2) is 0 Å². The van der Waals surface area contributed by atoms with E-state index in [1.165, 1.54) is 0 Å². The van der Waals surface area contributed by atoms with Gasteiger partial charge in [-0.15, -0.1) is 0 Å². The second-order valence-corrected chi connectivity index (χ2v) is 10.8. The van der Waals surface area contributed by atoms with Crippen LogP contribution in [0.2, 0.25) is 0 Å². The first-order chi connectivity index (χ1) is 20.6. The van der Waals surface area contributed by atoms with Gasteiger partial charge in [0.25, 0.3) is 0 Å². The van der Waals surface area contributed by atoms with E-state index in [1.807, 2.05) is 0 Å². The van der Waals surface area contributed by atoms with E-state index in [9.17, 15) is 14.2 Å². The maximum Gasteiger partial charge on any atom is 0.220 e. The summed E-state index contributed by atoms with van der Waals surface area (Å²) >= 11 is 0. The number of nitrogens with one attached hydrogen (secondary N) is 3. The minimum absolute atomic E-state index is 0.0160. The minimum atomic E-state index is -0.0301. The van der Waals surface area contributed by atoms with Crippen LogP contribution in [0, 0.1) is 0 Å². The van der Waals surface area contributed by atoms with Crippen LogP contribution in [0.5, 0.6) is 0 Å². The molecule has 0 saturated carbocycles. The van der Waals surface area contributed by atoms with Crippen LogP contribution in [-0.2, 0) is 33.2 Å². The molecule has 0 aromatic heterocycles. The predicted molar refractivity (Wildman–Crippen MR) is 157 cm³/mol. The normalized spacial score (nSPS) is 27.5. The van der Waals surface area contributed by atoms with E-state index in [2.05, 4.69) is 25.9 Å². The zero-order valence-corrected chi connectivity index (χ0v) is 24.7. The summed E-state index contributed by atoms with van der Waals surface area (Å²) in [7, 11) is 1.62. The number of carbonyl (C=O) groups is 1. The third-order valence-corrected chi connectivity index (χ3v) is 7.59. The van der Waals surface area contributed by atoms with Crippen LogP contribution in [0.25, 0.3) is 0 Å². The summed E-state index contributed by atoms with van der Waals surface area (Å²) in [6, 6.07) is 1.25. The molecule has 5 fully saturated rings. The van der Waals surface area contributed by atoms with Gasteiger partial charge in [-0.2, -0.15) is 0 Å². The van der Waals surface area contributed by atoms with Crippen molar-refractivity contribution in [3.8, 4) is 0 Å². The van der Waals surface area contributed by atoms with Crippen molar-refractivity contribution in [1.29, 1.82) is 0 Å². The maximum atomic E-state index is 10.9. The van der Waals surface area contributed by atoms with Crippen molar-refractivity contribution < 1.29 is 38.3 Å². The Labute approximate surface area is 249 Å². The predicted octanol–water partition coefficient (Wildman–Crippen LogP) is 0.632. The van der Waals surface area contributed by atoms with Crippen molar-refractivity contribution in [2.45, 2.75) is 108 Å². The summed E-state index contributed by atoms with van der Waals surface area (Å²) in [5, 5.41) is 18.1. The van der Waals surface area contributed by atoms with E-state index < -0.39 is 0 Å². The fourth-order valence-electron chi connectivity index (χ4n) is 5.41. The van der Waals surface area contributed by atoms with Crippen molar-refractivity contribution in [2.24, 2.45) is 9.98 Å². The second kappa shape index (κ2) is 20.8. The molecule has 13 nitrogen and oxygen atoms in total. The molecule has 234 valence electrons. The van der Waals surface area contributed by atoms with Crippen LogP contribution in [0.15, 0.2) is 9.98 Å². The molecular formula is C27H47B2N5O8. The van der Waals surface area contributed by atoms with Crippen molar-refractivity contribution in [1.82, 2.24) is 16.0 Å². The Morgan fingerprint density at radius 2 is 1.12 bits per heavy atom. The van der Waals surface area contributed by atoms with Crippen LogP contribution in [0.1, 0.15) is 77.0 Å². The first-order valence-corrected chi connectivity index (χ1v) is 15.4. The molecule has 5 aliphatic rings. The number of aliphatic hydroxyl groups is 1. The van der Waals surface area contributed by atoms with E-state index in [0.29, 0.717) is 37.8 Å². The molecule has 5 saturated heterocycles. The van der Waals surface area contributed by atoms with Crippen molar-refractivity contribution in [3.63, 3.8) is 0 Å². The van der Waals surface area contributed by atoms with Crippen molar-refractivity contribution >= 4 is 31.9 Å². The van der Waals surface area contributed by atoms with E-state index in [-0.39, 0.29) is 38.0 Å². The van der Waals surface area contributed by atoms with E-state index in [4.69, 9.17) is 24.1 Å². The number of carbonyl (C=O) groups excluding carboxylic acids is 1. The Bertz CT molecular complexity index is 871. The Kier molecular flexibility index (Phi) is 17.0. The number of aliphatic hydroxyl groups excluding tert-OH is 1. The van der Waals surface area contributed by atoms with Gasteiger partial charge in [0, 0.05) is 18.9 Å². The van der Waals surface area contributed by atoms with Crippen LogP contribution in [-0.4, -0.2) is 114 Å². The van der Waals surface area contributed by atoms with Gasteiger partial charge in [0.15, 0.2) is 6.29 Å². The van der Waals surface area contributed by atoms with Gasteiger partial charge in [0.05, 0.1) is 13.2 Å². The molecule has 42 heavy (non-hydrogen) atoms. The van der Waals surface area contributed by atoms with E-state index >= 15 is 0 Å². The molecule has 1 amide bonds. The maximum absolute atomic E-state index is 10.9. The standard InChI is InChI=1S/C10H17BN2O3.C9H15NO3.C8H15BN2O2/c14-11-7-12-9-3-1-8(13-9)2-4-10-15-5-6-16-10;11-8-3-1-7(10-8)2-4-9-12-5-6-13-9;12-5-1-2-7-3-4-8(11-7)10-6-9-13/h8,10H,1-7H2,(H,12,13);7,9H,1-6H2,(H,10,11);7,12H,1-6H2,(H,10,11). The largest absolute Gasteiger partial charge is 0.353 e. The van der Waals surface area contributed by atoms with Crippen LogP contribution in [0.3, 0.4) is 0 Å². The molecule has 0 bridgehead atoms. The number of nitrogens with zero attached hydrogens (tertiary/aromatic N) is 2. The summed E-state index contributed by atoms with van der Waals surface area (Å²) in [6.07, 6.45) is 11.8. The molecular weight excluding hydrogens is 544 g/mol. The summed E-state index contributed by atoms with van der Waals surface area (Å²) in [5.41, 5.74) is 0. The quantitative estimate of drug-likeness (QED) is 0.223. The van der Waals surface area contributed by atoms with Gasteiger partial charge in [-0.3, -0.25) is 4.79 Å². The number of rotatable bonds is 13. The molecule has 0 aliphatic carbocycles. The first kappa shape index (κ1) is 34.4. The van der Waals surface area contributed by atoms with Gasteiger partial charge >= 0.3 is 173 Å². The number of amides is 1. The van der Waals surface area contributed by atoms with Gasteiger partial charge in [-0.1, -0.05) is 0 Å². The summed E-state index contributed by atoms with van der Waals surface area (Å²) in [5.74, 6) is 2.08. The third kappa shape index (κ3) is 13.9. The minimum Gasteiger partial charge on any atom is -0.353 e. The summed E-state index contributed by atoms with van der Waals surface area (Å²) < 4.78 is 41.6. The summed E-state index contributed by atoms with van der Waals surface area (Å²) in [4.78, 5) is 19.1. The SMILES string of the molecule is O=BCN=C1CCC(CCC2OCCO2)N1.O=BCN=C1CCC(CCCO)N1.O=C1CCC(CCC2OCCO2)N1. The van der Waals surface area contributed by atoms with Crippen molar-refractivity contribution in [3.05, 3.63) is 0 Å². The number of hydrogen-bond acceptors (Lipinski definition) is 10. The Hall–Kier alpha value is -2.06. The zero-order valence-electron chi connectivity index (χ0n) is 24.7. The third-order valence-electron chi connectivity index (χ3n) is 7.59. The Morgan fingerprint density at radius 3 is 1.55 bits per heavy atom. The van der Waals surface area contributed by atoms with Crippen LogP contribution >= 0.6 is 0 Å². The molecule has 0 spiro atoms. The fourth-order valence-corrected chi connectivity index (χ4v) is 5.41. The molecule has 3 atom stereocenters. The molecule has 5 rings (SSSR count). The molecule has 5 heterocycles. The number of amidine groups is 2. The molecule has 0 aromatic rings. The van der Waals surface area contributed by atoms with Gasteiger partial charge in [0.2, 0.25) is 5.91 Å². The monoisotopic (exact) mass is 591 g/mol. The van der Waals surface area contributed by atoms with Crippen molar-refractivity contribution in [2.75, 3.05) is 45.9 Å². The smallest absolute Gasteiger partial charge is 0.220 e. The molecule has 0 aromatic carbocycles. The van der Waals surface area contributed by atoms with Crippen LogP contribution in [0.4, 0.5) is 0 Å². The Balaban J connectivity index is 0.000000174. The van der Waals surface area contributed by atoms with E-state index in [1.54, 1.807) is 0 Å². The van der Waals surface area contributed by atoms with Gasteiger partial charge in [0.1, 0.15) is 0 Å². The van der Waals surface area contributed by atoms with Gasteiger partial charge < -0.3 is 14.8 Å². The topological polar surface area (TPSA) is 169 Å². The molecule has 4 N–H and O–H groups in total. The fraction of sp³-hybridized carbons (Fsp3) is 0.889. The molecule has 3 unspecified atom stereocenters. The number of hydrogen-bond donors (Lipinski definition) is 4. The second-order valence-electron chi connectivity index (χ2n) is 10.8. The first-order valence-electron chi connectivity index (χ1n) is 15.4. The summed E-state index contributed by atoms with van der Waals surface area (Å²) in [6.45, 7) is 3.10.